The second kappa shape index (κ2) is 1.70. The Bertz CT molecular complexity index is 400. The smallest absolute Gasteiger partial charge is 0.265 e. The molecule has 2 heterocycles. The van der Waals surface area contributed by atoms with Crippen LogP contribution in [0.3, 0.4) is 0 Å². The highest BCUT2D eigenvalue weighted by Gasteiger charge is 1.92. The highest BCUT2D eigenvalue weighted by Crippen LogP contribution is 1.93. The number of hydrogen-bond donors (Lipinski definition) is 1. The molecule has 2 rings (SSSR count). The van der Waals surface area contributed by atoms with E-state index >= 15 is 0 Å². The van der Waals surface area contributed by atoms with E-state index in [9.17, 15) is 0 Å². The normalized spacial score (nSPS) is 10.4. The summed E-state index contributed by atoms with van der Waals surface area (Å²) in [4.78, 5) is 0. The molecule has 0 aliphatic heterocycles. The van der Waals surface area contributed by atoms with Crippen LogP contribution in [0.5, 0.6) is 0 Å². The van der Waals surface area contributed by atoms with Gasteiger partial charge in [-0.1, -0.05) is 5.16 Å². The number of hydrogen-bond acceptors (Lipinski definition) is 3. The van der Waals surface area contributed by atoms with Crippen molar-refractivity contribution in [2.75, 3.05) is 0 Å². The van der Waals surface area contributed by atoms with E-state index in [0.29, 0.717) is 0 Å². The zero-order chi connectivity index (χ0) is 6.97. The third-order valence-corrected chi connectivity index (χ3v) is 1.33. The van der Waals surface area contributed by atoms with Crippen molar-refractivity contribution in [1.82, 2.24) is 9.56 Å². The molecular weight excluding hydrogens is 130 g/mol. The molecule has 0 saturated carbocycles. The lowest BCUT2D eigenvalue weighted by Gasteiger charge is -1.87. The minimum atomic E-state index is 0.0903. The van der Waals surface area contributed by atoms with Crippen LogP contribution in [0, 0.1) is 5.41 Å². The maximum Gasteiger partial charge on any atom is 0.265 e. The molecule has 0 radical (unpaired) electrons. The van der Waals surface area contributed by atoms with Crippen LogP contribution in [0.15, 0.2) is 29.2 Å². The van der Waals surface area contributed by atoms with E-state index in [1.807, 2.05) is 12.3 Å². The van der Waals surface area contributed by atoms with E-state index in [-0.39, 0.29) is 5.55 Å². The van der Waals surface area contributed by atoms with Gasteiger partial charge in [0.1, 0.15) is 11.8 Å². The van der Waals surface area contributed by atoms with E-state index in [4.69, 9.17) is 5.41 Å². The minimum absolute atomic E-state index is 0.0903. The van der Waals surface area contributed by atoms with Crippen molar-refractivity contribution in [1.29, 1.82) is 5.41 Å². The van der Waals surface area contributed by atoms with Crippen LogP contribution in [-0.2, 0) is 0 Å². The van der Waals surface area contributed by atoms with Crippen LogP contribution in [0.25, 0.3) is 5.52 Å². The number of nitrogens with one attached hydrogen (secondary N) is 1. The first kappa shape index (κ1) is 5.22. The molecule has 0 fully saturated rings. The molecule has 4 heteroatoms. The number of fused-ring (bicyclic) bond motifs is 1. The molecule has 0 atom stereocenters. The van der Waals surface area contributed by atoms with Crippen molar-refractivity contribution in [3.63, 3.8) is 0 Å². The molecule has 2 aromatic heterocycles. The number of aromatic nitrogens is 2. The fourth-order valence-electron chi connectivity index (χ4n) is 0.861. The van der Waals surface area contributed by atoms with Gasteiger partial charge < -0.3 is 8.92 Å². The van der Waals surface area contributed by atoms with Gasteiger partial charge in [-0.3, -0.25) is 5.41 Å². The fourth-order valence-corrected chi connectivity index (χ4v) is 0.861. The summed E-state index contributed by atoms with van der Waals surface area (Å²) < 4.78 is 6.32. The summed E-state index contributed by atoms with van der Waals surface area (Å²) in [6, 6.07) is 3.64. The van der Waals surface area contributed by atoms with Crippen LogP contribution < -0.4 is 5.55 Å². The first-order valence-electron chi connectivity index (χ1n) is 2.84. The lowest BCUT2D eigenvalue weighted by atomic mass is 10.5. The molecule has 0 spiro atoms. The molecule has 4 nitrogen and oxygen atoms in total. The van der Waals surface area contributed by atoms with Gasteiger partial charge in [0.05, 0.1) is 0 Å². The Kier molecular flexibility index (Phi) is 0.887. The lowest BCUT2D eigenvalue weighted by Crippen LogP contribution is -2.03. The van der Waals surface area contributed by atoms with E-state index < -0.39 is 0 Å². The summed E-state index contributed by atoms with van der Waals surface area (Å²) in [5.74, 6) is 0. The SMILES string of the molecule is N=c1oncn2cccc12. The van der Waals surface area contributed by atoms with Crippen LogP contribution >= 0.6 is 0 Å². The number of nitrogens with zero attached hydrogens (tertiary/aromatic N) is 2. The second-order valence-electron chi connectivity index (χ2n) is 1.94. The molecule has 2 aromatic rings. The molecule has 0 unspecified atom stereocenters. The van der Waals surface area contributed by atoms with Crippen molar-refractivity contribution < 1.29 is 4.52 Å². The molecule has 10 heavy (non-hydrogen) atoms. The summed E-state index contributed by atoms with van der Waals surface area (Å²) in [5.41, 5.74) is 0.822. The summed E-state index contributed by atoms with van der Waals surface area (Å²) >= 11 is 0. The predicted molar refractivity (Wildman–Crippen MR) is 33.3 cm³/mol. The van der Waals surface area contributed by atoms with Gasteiger partial charge in [0.2, 0.25) is 0 Å². The summed E-state index contributed by atoms with van der Waals surface area (Å²) in [7, 11) is 0. The van der Waals surface area contributed by atoms with Crippen LogP contribution in [0.4, 0.5) is 0 Å². The third-order valence-electron chi connectivity index (χ3n) is 1.33. The largest absolute Gasteiger partial charge is 0.333 e. The van der Waals surface area contributed by atoms with Crippen molar-refractivity contribution >= 4 is 5.52 Å². The average Bonchev–Trinajstić information content (AvgIpc) is 2.36. The summed E-state index contributed by atoms with van der Waals surface area (Å²) in [6.07, 6.45) is 3.34. The molecule has 0 bridgehead atoms. The molecular formula is C6H5N3O. The molecule has 0 aliphatic rings. The topological polar surface area (TPSA) is 54.3 Å². The van der Waals surface area contributed by atoms with Gasteiger partial charge in [-0.25, -0.2) is 0 Å². The summed E-state index contributed by atoms with van der Waals surface area (Å²) in [6.45, 7) is 0. The maximum atomic E-state index is 7.23. The van der Waals surface area contributed by atoms with Gasteiger partial charge >= 0.3 is 0 Å². The van der Waals surface area contributed by atoms with Crippen LogP contribution in [-0.4, -0.2) is 9.56 Å². The maximum absolute atomic E-state index is 7.23. The van der Waals surface area contributed by atoms with E-state index in [0.717, 1.165) is 5.52 Å². The highest BCUT2D eigenvalue weighted by molar-refractivity contribution is 5.41. The van der Waals surface area contributed by atoms with E-state index in [1.165, 1.54) is 6.33 Å². The van der Waals surface area contributed by atoms with Gasteiger partial charge in [0.15, 0.2) is 0 Å². The van der Waals surface area contributed by atoms with Crippen LogP contribution in [0.2, 0.25) is 0 Å². The van der Waals surface area contributed by atoms with E-state index in [1.54, 1.807) is 10.5 Å². The standard InChI is InChI=1S/C6H5N3O/c7-6-5-2-1-3-9(5)4-8-10-6/h1-4,7H. The predicted octanol–water partition coefficient (Wildman–Crippen LogP) is 0.407. The van der Waals surface area contributed by atoms with Gasteiger partial charge in [-0.2, -0.15) is 0 Å². The van der Waals surface area contributed by atoms with Gasteiger partial charge in [0.25, 0.3) is 5.55 Å². The molecule has 0 aliphatic carbocycles. The van der Waals surface area contributed by atoms with Crippen molar-refractivity contribution in [3.05, 3.63) is 30.2 Å². The van der Waals surface area contributed by atoms with Gasteiger partial charge in [0, 0.05) is 6.20 Å². The van der Waals surface area contributed by atoms with Gasteiger partial charge in [-0.05, 0) is 12.1 Å². The second-order valence-corrected chi connectivity index (χ2v) is 1.94. The summed E-state index contributed by atoms with van der Waals surface area (Å²) in [5, 5.41) is 10.7. The van der Waals surface area contributed by atoms with Crippen molar-refractivity contribution in [3.8, 4) is 0 Å². The first-order chi connectivity index (χ1) is 4.88. The lowest BCUT2D eigenvalue weighted by molar-refractivity contribution is 0.350. The Morgan fingerprint density at radius 2 is 2.50 bits per heavy atom. The Hall–Kier alpha value is -1.58. The Balaban J connectivity index is 3.09. The zero-order valence-corrected chi connectivity index (χ0v) is 5.11. The van der Waals surface area contributed by atoms with Crippen molar-refractivity contribution in [2.24, 2.45) is 0 Å². The highest BCUT2D eigenvalue weighted by atomic mass is 16.5. The molecule has 1 N–H and O–H groups in total. The first-order valence-corrected chi connectivity index (χ1v) is 2.84. The molecule has 0 amide bonds. The Morgan fingerprint density at radius 3 is 3.30 bits per heavy atom. The Morgan fingerprint density at radius 1 is 1.60 bits per heavy atom. The zero-order valence-electron chi connectivity index (χ0n) is 5.11. The quantitative estimate of drug-likeness (QED) is 0.568. The monoisotopic (exact) mass is 135 g/mol. The fraction of sp³-hybridized carbons (Fsp3) is 0. The van der Waals surface area contributed by atoms with Gasteiger partial charge in [-0.15, -0.1) is 0 Å². The van der Waals surface area contributed by atoms with Crippen LogP contribution in [0.1, 0.15) is 0 Å². The van der Waals surface area contributed by atoms with E-state index in [2.05, 4.69) is 9.68 Å². The number of rotatable bonds is 0. The van der Waals surface area contributed by atoms with Crippen molar-refractivity contribution in [2.45, 2.75) is 0 Å². The Labute approximate surface area is 56.2 Å². The molecule has 0 saturated heterocycles. The molecule has 50 valence electrons. The minimum Gasteiger partial charge on any atom is -0.333 e. The average molecular weight is 135 g/mol. The third kappa shape index (κ3) is 0.556. The molecule has 0 aromatic carbocycles.